The third-order valence-corrected chi connectivity index (χ3v) is 3.39. The molecule has 0 fully saturated rings. The van der Waals surface area contributed by atoms with Gasteiger partial charge in [0.05, 0.1) is 12.1 Å². The first-order valence-corrected chi connectivity index (χ1v) is 6.56. The Morgan fingerprint density at radius 1 is 1.37 bits per heavy atom. The molecule has 1 aromatic rings. The maximum atomic E-state index is 9.49. The zero-order valence-corrected chi connectivity index (χ0v) is 12.5. The van der Waals surface area contributed by atoms with Gasteiger partial charge in [0.2, 0.25) is 0 Å². The summed E-state index contributed by atoms with van der Waals surface area (Å²) in [7, 11) is 1.92. The summed E-state index contributed by atoms with van der Waals surface area (Å²) in [5.41, 5.74) is 3.11. The molecule has 0 radical (unpaired) electrons. The Balaban J connectivity index is 3.28. The molecule has 0 saturated heterocycles. The number of aliphatic hydroxyl groups is 1. The van der Waals surface area contributed by atoms with Crippen LogP contribution in [-0.4, -0.2) is 34.3 Å². The van der Waals surface area contributed by atoms with Gasteiger partial charge < -0.3 is 15.4 Å². The molecule has 0 saturated carbocycles. The third-order valence-electron chi connectivity index (χ3n) is 3.39. The average Bonchev–Trinajstić information content (AvgIpc) is 2.40. The Morgan fingerprint density at radius 3 is 2.47 bits per heavy atom. The molecule has 6 heteroatoms. The molecule has 0 aliphatic carbocycles. The zero-order valence-electron chi connectivity index (χ0n) is 12.5. The first kappa shape index (κ1) is 15.7. The standard InChI is InChI=1S/C13H25N5O/c1-6-7-10-15-11(17-14)9(2)12(16-10)18(5)13(3,4)8-19/h19H,6-8,14H2,1-5H3,(H,15,16,17). The van der Waals surface area contributed by atoms with Crippen molar-refractivity contribution in [3.8, 4) is 0 Å². The first-order valence-electron chi connectivity index (χ1n) is 6.56. The van der Waals surface area contributed by atoms with E-state index >= 15 is 0 Å². The maximum absolute atomic E-state index is 9.49. The molecular weight excluding hydrogens is 242 g/mol. The number of likely N-dealkylation sites (N-methyl/N-ethyl adjacent to an activating group) is 1. The van der Waals surface area contributed by atoms with E-state index in [1.807, 2.05) is 32.7 Å². The second kappa shape index (κ2) is 6.16. The van der Waals surface area contributed by atoms with Gasteiger partial charge in [-0.05, 0) is 27.2 Å². The highest BCUT2D eigenvalue weighted by molar-refractivity contribution is 5.59. The minimum atomic E-state index is -0.394. The molecule has 0 aliphatic heterocycles. The van der Waals surface area contributed by atoms with E-state index in [1.54, 1.807) is 0 Å². The van der Waals surface area contributed by atoms with Crippen molar-refractivity contribution in [1.29, 1.82) is 0 Å². The molecule has 0 atom stereocenters. The van der Waals surface area contributed by atoms with E-state index in [9.17, 15) is 5.11 Å². The number of aliphatic hydroxyl groups excluding tert-OH is 1. The van der Waals surface area contributed by atoms with E-state index in [-0.39, 0.29) is 6.61 Å². The predicted molar refractivity (Wildman–Crippen MR) is 78.1 cm³/mol. The Bertz CT molecular complexity index is 433. The van der Waals surface area contributed by atoms with Crippen molar-refractivity contribution in [2.45, 2.75) is 46.1 Å². The third kappa shape index (κ3) is 3.33. The van der Waals surface area contributed by atoms with E-state index in [0.29, 0.717) is 5.82 Å². The second-order valence-electron chi connectivity index (χ2n) is 5.36. The van der Waals surface area contributed by atoms with E-state index in [0.717, 1.165) is 30.0 Å². The second-order valence-corrected chi connectivity index (χ2v) is 5.36. The number of nitrogen functional groups attached to an aromatic ring is 1. The number of hydrogen-bond acceptors (Lipinski definition) is 6. The van der Waals surface area contributed by atoms with Gasteiger partial charge >= 0.3 is 0 Å². The highest BCUT2D eigenvalue weighted by Gasteiger charge is 2.26. The highest BCUT2D eigenvalue weighted by atomic mass is 16.3. The van der Waals surface area contributed by atoms with Crippen LogP contribution in [0.3, 0.4) is 0 Å². The van der Waals surface area contributed by atoms with Crippen molar-refractivity contribution >= 4 is 11.6 Å². The molecule has 0 unspecified atom stereocenters. The highest BCUT2D eigenvalue weighted by Crippen LogP contribution is 2.27. The van der Waals surface area contributed by atoms with Crippen LogP contribution in [0, 0.1) is 6.92 Å². The molecule has 19 heavy (non-hydrogen) atoms. The van der Waals surface area contributed by atoms with E-state index in [2.05, 4.69) is 22.3 Å². The number of hydrazine groups is 1. The molecule has 0 amide bonds. The minimum Gasteiger partial charge on any atom is -0.394 e. The maximum Gasteiger partial charge on any atom is 0.148 e. The molecule has 0 bridgehead atoms. The van der Waals surface area contributed by atoms with Gasteiger partial charge in [0, 0.05) is 19.0 Å². The summed E-state index contributed by atoms with van der Waals surface area (Å²) in [5.74, 6) is 7.71. The van der Waals surface area contributed by atoms with E-state index in [1.165, 1.54) is 0 Å². The summed E-state index contributed by atoms with van der Waals surface area (Å²) < 4.78 is 0. The van der Waals surface area contributed by atoms with Crippen LogP contribution < -0.4 is 16.2 Å². The number of aromatic nitrogens is 2. The first-order chi connectivity index (χ1) is 8.87. The molecule has 0 spiro atoms. The number of nitrogens with one attached hydrogen (secondary N) is 1. The lowest BCUT2D eigenvalue weighted by molar-refractivity contribution is 0.215. The smallest absolute Gasteiger partial charge is 0.148 e. The van der Waals surface area contributed by atoms with Gasteiger partial charge in [-0.15, -0.1) is 0 Å². The molecule has 1 aromatic heterocycles. The van der Waals surface area contributed by atoms with Crippen LogP contribution in [0.2, 0.25) is 0 Å². The van der Waals surface area contributed by atoms with Crippen LogP contribution in [0.5, 0.6) is 0 Å². The van der Waals surface area contributed by atoms with Crippen LogP contribution in [0.25, 0.3) is 0 Å². The molecule has 108 valence electrons. The summed E-state index contributed by atoms with van der Waals surface area (Å²) >= 11 is 0. The van der Waals surface area contributed by atoms with Crippen LogP contribution in [0.15, 0.2) is 0 Å². The lowest BCUT2D eigenvalue weighted by atomic mass is 10.0. The molecule has 0 aliphatic rings. The van der Waals surface area contributed by atoms with Gasteiger partial charge in [-0.3, -0.25) is 0 Å². The fourth-order valence-corrected chi connectivity index (χ4v) is 1.75. The molecule has 1 heterocycles. The monoisotopic (exact) mass is 267 g/mol. The van der Waals surface area contributed by atoms with Crippen molar-refractivity contribution in [3.05, 3.63) is 11.4 Å². The van der Waals surface area contributed by atoms with Crippen LogP contribution in [0.1, 0.15) is 38.6 Å². The topological polar surface area (TPSA) is 87.3 Å². The number of aryl methyl sites for hydroxylation is 1. The van der Waals surface area contributed by atoms with Crippen molar-refractivity contribution in [3.63, 3.8) is 0 Å². The fourth-order valence-electron chi connectivity index (χ4n) is 1.75. The van der Waals surface area contributed by atoms with E-state index in [4.69, 9.17) is 5.84 Å². The van der Waals surface area contributed by atoms with Gasteiger partial charge in [0.25, 0.3) is 0 Å². The largest absolute Gasteiger partial charge is 0.394 e. The fraction of sp³-hybridized carbons (Fsp3) is 0.692. The van der Waals surface area contributed by atoms with Crippen molar-refractivity contribution < 1.29 is 5.11 Å². The van der Waals surface area contributed by atoms with Crippen LogP contribution in [-0.2, 0) is 6.42 Å². The quantitative estimate of drug-likeness (QED) is 0.531. The summed E-state index contributed by atoms with van der Waals surface area (Å²) in [4.78, 5) is 11.0. The SMILES string of the molecule is CCCc1nc(NN)c(C)c(N(C)C(C)(C)CO)n1. The van der Waals surface area contributed by atoms with Gasteiger partial charge in [-0.1, -0.05) is 6.92 Å². The summed E-state index contributed by atoms with van der Waals surface area (Å²) in [6.07, 6.45) is 1.77. The number of nitrogens with two attached hydrogens (primary N) is 1. The Hall–Kier alpha value is -1.40. The lowest BCUT2D eigenvalue weighted by Crippen LogP contribution is -2.45. The average molecular weight is 267 g/mol. The van der Waals surface area contributed by atoms with Crippen LogP contribution in [0.4, 0.5) is 11.6 Å². The van der Waals surface area contributed by atoms with Crippen molar-refractivity contribution in [1.82, 2.24) is 9.97 Å². The predicted octanol–water partition coefficient (Wildman–Crippen LogP) is 1.23. The van der Waals surface area contributed by atoms with Gasteiger partial charge in [0.1, 0.15) is 17.5 Å². The van der Waals surface area contributed by atoms with Gasteiger partial charge in [-0.2, -0.15) is 0 Å². The minimum absolute atomic E-state index is 0.0431. The Kier molecular flexibility index (Phi) is 5.08. The van der Waals surface area contributed by atoms with Crippen molar-refractivity contribution in [2.24, 2.45) is 5.84 Å². The molecule has 1 rings (SSSR count). The molecule has 6 nitrogen and oxygen atoms in total. The number of hydrogen-bond donors (Lipinski definition) is 3. The Morgan fingerprint density at radius 2 is 2.00 bits per heavy atom. The number of nitrogens with zero attached hydrogens (tertiary/aromatic N) is 3. The number of anilines is 2. The zero-order chi connectivity index (χ0) is 14.6. The van der Waals surface area contributed by atoms with Crippen LogP contribution >= 0.6 is 0 Å². The summed E-state index contributed by atoms with van der Waals surface area (Å²) in [6.45, 7) is 7.97. The van der Waals surface area contributed by atoms with Gasteiger partial charge in [0.15, 0.2) is 0 Å². The molecule has 0 aromatic carbocycles. The molecule has 4 N–H and O–H groups in total. The normalized spacial score (nSPS) is 11.5. The number of rotatable bonds is 6. The molecular formula is C13H25N5O. The summed E-state index contributed by atoms with van der Waals surface area (Å²) in [6, 6.07) is 0. The summed E-state index contributed by atoms with van der Waals surface area (Å²) in [5, 5.41) is 9.49. The van der Waals surface area contributed by atoms with E-state index < -0.39 is 5.54 Å². The van der Waals surface area contributed by atoms with Gasteiger partial charge in [-0.25, -0.2) is 15.8 Å². The lowest BCUT2D eigenvalue weighted by Gasteiger charge is -2.36. The van der Waals surface area contributed by atoms with Crippen molar-refractivity contribution in [2.75, 3.05) is 24.0 Å². The Labute approximate surface area is 115 Å².